The molecule has 5 nitrogen and oxygen atoms in total. The van der Waals surface area contributed by atoms with Gasteiger partial charge < -0.3 is 10.1 Å². The highest BCUT2D eigenvalue weighted by Crippen LogP contribution is 2.17. The van der Waals surface area contributed by atoms with Gasteiger partial charge in [-0.3, -0.25) is 0 Å². The van der Waals surface area contributed by atoms with Crippen LogP contribution in [-0.4, -0.2) is 57.9 Å². The van der Waals surface area contributed by atoms with E-state index in [0.29, 0.717) is 32.2 Å². The number of piperidine rings is 1. The molecular formula is C12H26N2O3S. The minimum atomic E-state index is -3.20. The second-order valence-corrected chi connectivity index (χ2v) is 7.47. The molecule has 0 spiro atoms. The van der Waals surface area contributed by atoms with E-state index < -0.39 is 10.0 Å². The van der Waals surface area contributed by atoms with Crippen molar-refractivity contribution in [3.8, 4) is 0 Å². The Hall–Kier alpha value is -0.170. The van der Waals surface area contributed by atoms with E-state index in [1.165, 1.54) is 0 Å². The van der Waals surface area contributed by atoms with Gasteiger partial charge in [-0.05, 0) is 25.3 Å². The van der Waals surface area contributed by atoms with E-state index in [4.69, 9.17) is 4.74 Å². The molecule has 6 heteroatoms. The molecule has 0 aromatic rings. The maximum atomic E-state index is 12.6. The van der Waals surface area contributed by atoms with Gasteiger partial charge in [-0.2, -0.15) is 4.31 Å². The molecule has 0 amide bonds. The van der Waals surface area contributed by atoms with Crippen LogP contribution in [-0.2, 0) is 14.8 Å². The molecule has 0 saturated carbocycles. The lowest BCUT2D eigenvalue weighted by Gasteiger charge is -2.30. The van der Waals surface area contributed by atoms with Gasteiger partial charge in [0, 0.05) is 26.7 Å². The third kappa shape index (κ3) is 4.50. The van der Waals surface area contributed by atoms with Gasteiger partial charge in [0.2, 0.25) is 10.0 Å². The lowest BCUT2D eigenvalue weighted by molar-refractivity contribution is 0.174. The number of rotatable bonds is 7. The van der Waals surface area contributed by atoms with Crippen molar-refractivity contribution in [1.82, 2.24) is 9.62 Å². The molecule has 1 fully saturated rings. The van der Waals surface area contributed by atoms with Crippen LogP contribution in [0.1, 0.15) is 26.7 Å². The van der Waals surface area contributed by atoms with Crippen molar-refractivity contribution in [3.05, 3.63) is 0 Å². The van der Waals surface area contributed by atoms with Crippen molar-refractivity contribution in [2.45, 2.75) is 31.9 Å². The zero-order chi connectivity index (χ0) is 13.6. The topological polar surface area (TPSA) is 58.6 Å². The van der Waals surface area contributed by atoms with Gasteiger partial charge in [-0.25, -0.2) is 8.42 Å². The number of ether oxygens (including phenoxy) is 1. The lowest BCUT2D eigenvalue weighted by Crippen LogP contribution is -2.48. The SMILES string of the molecule is COCCN(CC(C)C)S(=O)(=O)C1CCCNC1. The van der Waals surface area contributed by atoms with E-state index >= 15 is 0 Å². The van der Waals surface area contributed by atoms with Crippen LogP contribution in [0.2, 0.25) is 0 Å². The third-order valence-electron chi connectivity index (χ3n) is 3.15. The minimum absolute atomic E-state index is 0.276. The molecule has 1 rings (SSSR count). The molecule has 1 atom stereocenters. The van der Waals surface area contributed by atoms with Crippen LogP contribution in [0.15, 0.2) is 0 Å². The Labute approximate surface area is 111 Å². The van der Waals surface area contributed by atoms with E-state index in [2.05, 4.69) is 5.32 Å². The largest absolute Gasteiger partial charge is 0.383 e. The smallest absolute Gasteiger partial charge is 0.218 e. The summed E-state index contributed by atoms with van der Waals surface area (Å²) in [6.45, 7) is 7.04. The number of nitrogens with zero attached hydrogens (tertiary/aromatic N) is 1. The number of sulfonamides is 1. The number of hydrogen-bond acceptors (Lipinski definition) is 4. The molecule has 0 radical (unpaired) electrons. The molecule has 1 aliphatic heterocycles. The Bertz CT molecular complexity index is 324. The Morgan fingerprint density at radius 3 is 2.67 bits per heavy atom. The first-order valence-electron chi connectivity index (χ1n) is 6.67. The molecule has 0 bridgehead atoms. The van der Waals surface area contributed by atoms with Gasteiger partial charge in [0.25, 0.3) is 0 Å². The van der Waals surface area contributed by atoms with Crippen LogP contribution in [0.5, 0.6) is 0 Å². The summed E-state index contributed by atoms with van der Waals surface area (Å²) < 4.78 is 31.7. The summed E-state index contributed by atoms with van der Waals surface area (Å²) in [5.74, 6) is 0.327. The van der Waals surface area contributed by atoms with Gasteiger partial charge in [0.05, 0.1) is 11.9 Å². The number of nitrogens with one attached hydrogen (secondary N) is 1. The summed E-state index contributed by atoms with van der Waals surface area (Å²) in [5, 5.41) is 2.89. The lowest BCUT2D eigenvalue weighted by atomic mass is 10.2. The van der Waals surface area contributed by atoms with Gasteiger partial charge in [0.15, 0.2) is 0 Å². The fourth-order valence-electron chi connectivity index (χ4n) is 2.21. The van der Waals surface area contributed by atoms with Gasteiger partial charge in [0.1, 0.15) is 0 Å². The van der Waals surface area contributed by atoms with Crippen molar-refractivity contribution in [1.29, 1.82) is 0 Å². The summed E-state index contributed by atoms with van der Waals surface area (Å²) >= 11 is 0. The molecule has 0 aromatic heterocycles. The molecule has 1 saturated heterocycles. The first kappa shape index (κ1) is 15.9. The zero-order valence-electron chi connectivity index (χ0n) is 11.7. The minimum Gasteiger partial charge on any atom is -0.383 e. The summed E-state index contributed by atoms with van der Waals surface area (Å²) in [6, 6.07) is 0. The fourth-order valence-corrected chi connectivity index (χ4v) is 4.26. The van der Waals surface area contributed by atoms with Crippen molar-refractivity contribution in [2.75, 3.05) is 39.9 Å². The van der Waals surface area contributed by atoms with Gasteiger partial charge >= 0.3 is 0 Å². The molecule has 1 heterocycles. The summed E-state index contributed by atoms with van der Waals surface area (Å²) in [5.41, 5.74) is 0. The van der Waals surface area contributed by atoms with Crippen LogP contribution in [0.4, 0.5) is 0 Å². The Morgan fingerprint density at radius 2 is 2.17 bits per heavy atom. The van der Waals surface area contributed by atoms with E-state index in [1.807, 2.05) is 13.8 Å². The maximum Gasteiger partial charge on any atom is 0.218 e. The van der Waals surface area contributed by atoms with E-state index in [9.17, 15) is 8.42 Å². The van der Waals surface area contributed by atoms with Gasteiger partial charge in [-0.15, -0.1) is 0 Å². The van der Waals surface area contributed by atoms with E-state index in [-0.39, 0.29) is 5.25 Å². The summed E-state index contributed by atoms with van der Waals surface area (Å²) in [7, 11) is -1.60. The Morgan fingerprint density at radius 1 is 1.44 bits per heavy atom. The molecule has 1 unspecified atom stereocenters. The second-order valence-electron chi connectivity index (χ2n) is 5.26. The average molecular weight is 278 g/mol. The summed E-state index contributed by atoms with van der Waals surface area (Å²) in [4.78, 5) is 0. The highest BCUT2D eigenvalue weighted by molar-refractivity contribution is 7.89. The van der Waals surface area contributed by atoms with Gasteiger partial charge in [-0.1, -0.05) is 13.8 Å². The standard InChI is InChI=1S/C12H26N2O3S/c1-11(2)10-14(7-8-17-3)18(15,16)12-5-4-6-13-9-12/h11-13H,4-10H2,1-3H3. The molecule has 1 N–H and O–H groups in total. The molecule has 108 valence electrons. The number of hydrogen-bond donors (Lipinski definition) is 1. The first-order chi connectivity index (χ1) is 8.48. The zero-order valence-corrected chi connectivity index (χ0v) is 12.5. The summed E-state index contributed by atoms with van der Waals surface area (Å²) in [6.07, 6.45) is 1.70. The second kappa shape index (κ2) is 7.43. The van der Waals surface area contributed by atoms with Crippen molar-refractivity contribution >= 4 is 10.0 Å². The van der Waals surface area contributed by atoms with Crippen LogP contribution in [0.3, 0.4) is 0 Å². The van der Waals surface area contributed by atoms with E-state index in [0.717, 1.165) is 19.4 Å². The van der Waals surface area contributed by atoms with Crippen LogP contribution in [0, 0.1) is 5.92 Å². The first-order valence-corrected chi connectivity index (χ1v) is 8.17. The Kier molecular flexibility index (Phi) is 6.55. The normalized spacial score (nSPS) is 21.7. The van der Waals surface area contributed by atoms with Crippen LogP contribution in [0.25, 0.3) is 0 Å². The van der Waals surface area contributed by atoms with Crippen molar-refractivity contribution < 1.29 is 13.2 Å². The predicted molar refractivity (Wildman–Crippen MR) is 73.1 cm³/mol. The third-order valence-corrected chi connectivity index (χ3v) is 5.44. The average Bonchev–Trinajstić information content (AvgIpc) is 2.35. The fraction of sp³-hybridized carbons (Fsp3) is 1.00. The molecule has 0 aromatic carbocycles. The quantitative estimate of drug-likeness (QED) is 0.744. The Balaban J connectivity index is 2.73. The van der Waals surface area contributed by atoms with Crippen LogP contribution >= 0.6 is 0 Å². The monoisotopic (exact) mass is 278 g/mol. The molecule has 1 aliphatic rings. The molecular weight excluding hydrogens is 252 g/mol. The van der Waals surface area contributed by atoms with E-state index in [1.54, 1.807) is 11.4 Å². The molecule has 18 heavy (non-hydrogen) atoms. The predicted octanol–water partition coefficient (Wildman–Crippen LogP) is 0.673. The highest BCUT2D eigenvalue weighted by Gasteiger charge is 2.32. The van der Waals surface area contributed by atoms with Crippen molar-refractivity contribution in [2.24, 2.45) is 5.92 Å². The number of methoxy groups -OCH3 is 1. The molecule has 0 aliphatic carbocycles. The van der Waals surface area contributed by atoms with Crippen molar-refractivity contribution in [3.63, 3.8) is 0 Å². The highest BCUT2D eigenvalue weighted by atomic mass is 32.2. The van der Waals surface area contributed by atoms with Crippen LogP contribution < -0.4 is 5.32 Å². The maximum absolute atomic E-state index is 12.6.